The van der Waals surface area contributed by atoms with Crippen LogP contribution in [0.2, 0.25) is 0 Å². The van der Waals surface area contributed by atoms with Gasteiger partial charge >= 0.3 is 0 Å². The molecule has 0 bridgehead atoms. The third kappa shape index (κ3) is 3.83. The van der Waals surface area contributed by atoms with Gasteiger partial charge in [-0.15, -0.1) is 11.3 Å². The number of amides is 2. The number of nitro benzene ring substituents is 1. The van der Waals surface area contributed by atoms with Crippen molar-refractivity contribution in [3.05, 3.63) is 51.0 Å². The van der Waals surface area contributed by atoms with Crippen LogP contribution in [0.25, 0.3) is 0 Å². The van der Waals surface area contributed by atoms with E-state index in [1.807, 2.05) is 0 Å². The summed E-state index contributed by atoms with van der Waals surface area (Å²) in [6, 6.07) is 5.35. The number of anilines is 1. The summed E-state index contributed by atoms with van der Waals surface area (Å²) in [7, 11) is 0. The van der Waals surface area contributed by atoms with Gasteiger partial charge < -0.3 is 5.73 Å². The number of nitrogens with zero attached hydrogens (tertiary/aromatic N) is 2. The van der Waals surface area contributed by atoms with Crippen molar-refractivity contribution in [3.8, 4) is 0 Å². The van der Waals surface area contributed by atoms with Crippen LogP contribution in [0.1, 0.15) is 16.1 Å². The zero-order valence-electron chi connectivity index (χ0n) is 10.6. The monoisotopic (exact) mass is 306 g/mol. The summed E-state index contributed by atoms with van der Waals surface area (Å²) in [4.78, 5) is 36.8. The van der Waals surface area contributed by atoms with E-state index in [9.17, 15) is 19.7 Å². The van der Waals surface area contributed by atoms with Crippen LogP contribution >= 0.6 is 11.3 Å². The maximum atomic E-state index is 12.0. The van der Waals surface area contributed by atoms with E-state index in [2.05, 4.69) is 10.3 Å². The smallest absolute Gasteiger partial charge is 0.270 e. The number of thiazole rings is 1. The highest BCUT2D eigenvalue weighted by molar-refractivity contribution is 7.14. The number of nitrogens with one attached hydrogen (secondary N) is 1. The highest BCUT2D eigenvalue weighted by Gasteiger charge is 2.13. The fourth-order valence-corrected chi connectivity index (χ4v) is 2.26. The number of aromatic nitrogens is 1. The predicted molar refractivity (Wildman–Crippen MR) is 76.1 cm³/mol. The molecule has 1 heterocycles. The lowest BCUT2D eigenvalue weighted by Crippen LogP contribution is -2.14. The Morgan fingerprint density at radius 3 is 2.86 bits per heavy atom. The molecular weight excluding hydrogens is 296 g/mol. The Morgan fingerprint density at radius 1 is 1.43 bits per heavy atom. The standard InChI is InChI=1S/C12H10N4O4S/c13-10(17)5-8-6-21-12(14-8)15-11(18)7-2-1-3-9(4-7)16(19)20/h1-4,6H,5H2,(H2,13,17)(H,14,15,18). The van der Waals surface area contributed by atoms with E-state index in [0.717, 1.165) is 11.3 Å². The first kappa shape index (κ1) is 14.6. The van der Waals surface area contributed by atoms with Crippen LogP contribution in [0.5, 0.6) is 0 Å². The molecule has 9 heteroatoms. The maximum absolute atomic E-state index is 12.0. The van der Waals surface area contributed by atoms with Gasteiger partial charge in [0.25, 0.3) is 11.6 Å². The van der Waals surface area contributed by atoms with Gasteiger partial charge in [0.2, 0.25) is 5.91 Å². The number of rotatable bonds is 5. The van der Waals surface area contributed by atoms with Crippen molar-refractivity contribution in [3.63, 3.8) is 0 Å². The minimum Gasteiger partial charge on any atom is -0.369 e. The Bertz CT molecular complexity index is 713. The number of nitro groups is 1. The van der Waals surface area contributed by atoms with Crippen LogP contribution in [0.15, 0.2) is 29.6 Å². The van der Waals surface area contributed by atoms with Crippen molar-refractivity contribution in [1.82, 2.24) is 4.98 Å². The Morgan fingerprint density at radius 2 is 2.19 bits per heavy atom. The number of non-ortho nitro benzene ring substituents is 1. The molecule has 8 nitrogen and oxygen atoms in total. The summed E-state index contributed by atoms with van der Waals surface area (Å²) in [5.41, 5.74) is 5.48. The number of benzene rings is 1. The Balaban J connectivity index is 2.10. The van der Waals surface area contributed by atoms with Crippen LogP contribution in [0.3, 0.4) is 0 Å². The average Bonchev–Trinajstić information content (AvgIpc) is 2.85. The molecule has 0 saturated heterocycles. The normalized spacial score (nSPS) is 10.1. The zero-order valence-corrected chi connectivity index (χ0v) is 11.4. The van der Waals surface area contributed by atoms with Gasteiger partial charge in [-0.05, 0) is 6.07 Å². The van der Waals surface area contributed by atoms with Crippen LogP contribution in [0.4, 0.5) is 10.8 Å². The molecule has 0 saturated carbocycles. The van der Waals surface area contributed by atoms with E-state index in [4.69, 9.17) is 5.73 Å². The van der Waals surface area contributed by atoms with E-state index in [1.165, 1.54) is 24.3 Å². The molecule has 21 heavy (non-hydrogen) atoms. The number of carbonyl (C=O) groups is 2. The van der Waals surface area contributed by atoms with Crippen molar-refractivity contribution in [1.29, 1.82) is 0 Å². The van der Waals surface area contributed by atoms with Crippen molar-refractivity contribution >= 4 is 34.0 Å². The highest BCUT2D eigenvalue weighted by atomic mass is 32.1. The Kier molecular flexibility index (Phi) is 4.24. The van der Waals surface area contributed by atoms with E-state index in [1.54, 1.807) is 5.38 Å². The molecule has 0 unspecified atom stereocenters. The molecule has 3 N–H and O–H groups in total. The van der Waals surface area contributed by atoms with Crippen molar-refractivity contribution in [2.45, 2.75) is 6.42 Å². The molecule has 0 aliphatic rings. The molecule has 0 radical (unpaired) electrons. The average molecular weight is 306 g/mol. The third-order valence-corrected chi connectivity index (χ3v) is 3.25. The quantitative estimate of drug-likeness (QED) is 0.636. The molecule has 0 aliphatic carbocycles. The second kappa shape index (κ2) is 6.09. The third-order valence-electron chi connectivity index (χ3n) is 2.45. The Labute approximate surface area is 122 Å². The van der Waals surface area contributed by atoms with Gasteiger partial charge in [-0.2, -0.15) is 0 Å². The minimum atomic E-state index is -0.578. The van der Waals surface area contributed by atoms with Crippen LogP contribution in [-0.4, -0.2) is 21.7 Å². The van der Waals surface area contributed by atoms with E-state index >= 15 is 0 Å². The number of hydrogen-bond donors (Lipinski definition) is 2. The first-order valence-electron chi connectivity index (χ1n) is 5.74. The topological polar surface area (TPSA) is 128 Å². The lowest BCUT2D eigenvalue weighted by atomic mass is 10.2. The van der Waals surface area contributed by atoms with Crippen LogP contribution < -0.4 is 11.1 Å². The second-order valence-corrected chi connectivity index (χ2v) is 4.91. The lowest BCUT2D eigenvalue weighted by molar-refractivity contribution is -0.384. The predicted octanol–water partition coefficient (Wildman–Crippen LogP) is 1.33. The SMILES string of the molecule is NC(=O)Cc1csc(NC(=O)c2cccc([N+](=O)[O-])c2)n1. The van der Waals surface area contributed by atoms with E-state index in [0.29, 0.717) is 10.8 Å². The molecule has 1 aromatic heterocycles. The van der Waals surface area contributed by atoms with E-state index < -0.39 is 16.7 Å². The molecule has 108 valence electrons. The highest BCUT2D eigenvalue weighted by Crippen LogP contribution is 2.18. The largest absolute Gasteiger partial charge is 0.369 e. The van der Waals surface area contributed by atoms with Crippen LogP contribution in [-0.2, 0) is 11.2 Å². The summed E-state index contributed by atoms with van der Waals surface area (Å²) in [6.07, 6.45) is -0.0107. The van der Waals surface area contributed by atoms with Gasteiger partial charge in [0, 0.05) is 23.1 Å². The summed E-state index contributed by atoms with van der Waals surface area (Å²) in [6.45, 7) is 0. The number of hydrogen-bond acceptors (Lipinski definition) is 6. The summed E-state index contributed by atoms with van der Waals surface area (Å²) >= 11 is 1.14. The summed E-state index contributed by atoms with van der Waals surface area (Å²) < 4.78 is 0. The molecule has 0 atom stereocenters. The summed E-state index contributed by atoms with van der Waals surface area (Å²) in [5, 5.41) is 15.1. The molecule has 0 fully saturated rings. The molecule has 1 aromatic carbocycles. The molecule has 2 amide bonds. The van der Waals surface area contributed by atoms with Crippen molar-refractivity contribution < 1.29 is 14.5 Å². The Hall–Kier alpha value is -2.81. The summed E-state index contributed by atoms with van der Waals surface area (Å²) in [5.74, 6) is -1.03. The van der Waals surface area contributed by atoms with Crippen molar-refractivity contribution in [2.75, 3.05) is 5.32 Å². The minimum absolute atomic E-state index is 0.0107. The fraction of sp³-hybridized carbons (Fsp3) is 0.0833. The molecular formula is C12H10N4O4S. The fourth-order valence-electron chi connectivity index (χ4n) is 1.55. The molecule has 0 aliphatic heterocycles. The second-order valence-electron chi connectivity index (χ2n) is 4.05. The van der Waals surface area contributed by atoms with Gasteiger partial charge in [0.1, 0.15) is 0 Å². The molecule has 0 spiro atoms. The van der Waals surface area contributed by atoms with Gasteiger partial charge in [0.15, 0.2) is 5.13 Å². The van der Waals surface area contributed by atoms with Crippen molar-refractivity contribution in [2.24, 2.45) is 5.73 Å². The van der Waals surface area contributed by atoms with Gasteiger partial charge in [-0.1, -0.05) is 6.07 Å². The van der Waals surface area contributed by atoms with Gasteiger partial charge in [-0.3, -0.25) is 25.0 Å². The molecule has 2 aromatic rings. The first-order chi connectivity index (χ1) is 9.95. The lowest BCUT2D eigenvalue weighted by Gasteiger charge is -2.01. The zero-order chi connectivity index (χ0) is 15.4. The maximum Gasteiger partial charge on any atom is 0.270 e. The van der Waals surface area contributed by atoms with Gasteiger partial charge in [0.05, 0.1) is 17.0 Å². The van der Waals surface area contributed by atoms with Crippen LogP contribution in [0, 0.1) is 10.1 Å². The number of carbonyl (C=O) groups excluding carboxylic acids is 2. The van der Waals surface area contributed by atoms with E-state index in [-0.39, 0.29) is 17.7 Å². The first-order valence-corrected chi connectivity index (χ1v) is 6.62. The number of primary amides is 1. The van der Waals surface area contributed by atoms with Gasteiger partial charge in [-0.25, -0.2) is 4.98 Å². The number of nitrogens with two attached hydrogens (primary N) is 1. The molecule has 2 rings (SSSR count).